The first kappa shape index (κ1) is 15.9. The van der Waals surface area contributed by atoms with Gasteiger partial charge in [-0.25, -0.2) is 0 Å². The van der Waals surface area contributed by atoms with E-state index < -0.39 is 0 Å². The zero-order chi connectivity index (χ0) is 18.0. The molecule has 138 valence electrons. The molecule has 3 heteroatoms. The van der Waals surface area contributed by atoms with Crippen LogP contribution in [0.15, 0.2) is 47.6 Å². The predicted molar refractivity (Wildman–Crippen MR) is 105 cm³/mol. The number of nitrogens with zero attached hydrogens (tertiary/aromatic N) is 2. The molecule has 4 aliphatic carbocycles. The summed E-state index contributed by atoms with van der Waals surface area (Å²) >= 11 is 0. The maximum atomic E-state index is 6.40. The second-order valence-corrected chi connectivity index (χ2v) is 9.47. The van der Waals surface area contributed by atoms with Crippen LogP contribution in [0.25, 0.3) is 0 Å². The number of hydrogen-bond acceptors (Lipinski definition) is 2. The van der Waals surface area contributed by atoms with Gasteiger partial charge in [-0.3, -0.25) is 0 Å². The summed E-state index contributed by atoms with van der Waals surface area (Å²) in [6, 6.07) is 14.9. The molecule has 4 bridgehead atoms. The van der Waals surface area contributed by atoms with Crippen molar-refractivity contribution in [2.45, 2.75) is 50.9 Å². The lowest BCUT2D eigenvalue weighted by Gasteiger charge is -2.57. The summed E-state index contributed by atoms with van der Waals surface area (Å²) in [6.07, 6.45) is 8.50. The minimum atomic E-state index is 0.343. The lowest BCUT2D eigenvalue weighted by molar-refractivity contribution is -0.544. The Morgan fingerprint density at radius 3 is 2.30 bits per heavy atom. The molecule has 4 fully saturated rings. The molecular formula is C24H27N2O+. The maximum Gasteiger partial charge on any atom is 0.317 e. The molecule has 0 atom stereocenters. The summed E-state index contributed by atoms with van der Waals surface area (Å²) < 4.78 is 8.38. The van der Waals surface area contributed by atoms with E-state index in [1.54, 1.807) is 0 Å². The van der Waals surface area contributed by atoms with Gasteiger partial charge in [-0.05, 0) is 84.9 Å². The minimum absolute atomic E-state index is 0.343. The highest BCUT2D eigenvalue weighted by Gasteiger charge is 2.53. The van der Waals surface area contributed by atoms with Crippen LogP contribution >= 0.6 is 0 Å². The molecule has 0 saturated heterocycles. The molecule has 0 unspecified atom stereocenters. The topological polar surface area (TPSA) is 24.6 Å². The first-order chi connectivity index (χ1) is 13.2. The van der Waals surface area contributed by atoms with Crippen molar-refractivity contribution in [1.29, 1.82) is 0 Å². The zero-order valence-corrected chi connectivity index (χ0v) is 16.0. The fraction of sp³-hybridized carbons (Fsp3) is 0.500. The Morgan fingerprint density at radius 2 is 1.63 bits per heavy atom. The molecule has 0 radical (unpaired) electrons. The molecule has 0 aromatic heterocycles. The SMILES string of the molecule is Cc1cc2c(c(C34CC5CC(CC(C5)C3)C4)c1)OC[N+](c1ccccc1)=N2. The third kappa shape index (κ3) is 2.47. The van der Waals surface area contributed by atoms with Crippen LogP contribution in [0, 0.1) is 24.7 Å². The number of rotatable bonds is 2. The van der Waals surface area contributed by atoms with Gasteiger partial charge in [-0.15, -0.1) is 0 Å². The Labute approximate surface area is 161 Å². The Bertz CT molecular complexity index is 896. The summed E-state index contributed by atoms with van der Waals surface area (Å²) in [7, 11) is 0. The van der Waals surface area contributed by atoms with Crippen molar-refractivity contribution in [2.75, 3.05) is 6.73 Å². The number of aryl methyl sites for hydroxylation is 1. The number of hydrogen-bond donors (Lipinski definition) is 0. The lowest BCUT2D eigenvalue weighted by Crippen LogP contribution is -2.48. The standard InChI is InChI=1S/C24H27N2O/c1-16-7-21(24-12-17-9-18(13-24)11-19(10-17)14-24)23-22(8-16)25-26(15-27-23)20-5-3-2-4-6-20/h2-8,17-19H,9-15H2,1H3/q+1. The molecular weight excluding hydrogens is 332 g/mol. The highest BCUT2D eigenvalue weighted by molar-refractivity contribution is 5.61. The largest absolute Gasteiger partial charge is 0.431 e. The molecule has 3 nitrogen and oxygen atoms in total. The molecule has 0 amide bonds. The van der Waals surface area contributed by atoms with Crippen molar-refractivity contribution in [1.82, 2.24) is 0 Å². The molecule has 2 aromatic rings. The van der Waals surface area contributed by atoms with Crippen LogP contribution in [-0.2, 0) is 5.41 Å². The molecule has 1 heterocycles. The summed E-state index contributed by atoms with van der Waals surface area (Å²) in [5.41, 5.74) is 5.21. The molecule has 4 saturated carbocycles. The quantitative estimate of drug-likeness (QED) is 0.582. The van der Waals surface area contributed by atoms with Crippen LogP contribution < -0.4 is 4.74 Å². The molecule has 0 spiro atoms. The van der Waals surface area contributed by atoms with Crippen molar-refractivity contribution in [3.05, 3.63) is 53.6 Å². The Morgan fingerprint density at radius 1 is 0.963 bits per heavy atom. The number of benzene rings is 2. The van der Waals surface area contributed by atoms with Gasteiger partial charge in [0.05, 0.1) is 0 Å². The number of fused-ring (bicyclic) bond motifs is 1. The van der Waals surface area contributed by atoms with Gasteiger partial charge in [0.25, 0.3) is 0 Å². The minimum Gasteiger partial charge on any atom is -0.431 e. The molecule has 1 aliphatic heterocycles. The number of ether oxygens (including phenoxy) is 1. The Balaban J connectivity index is 1.46. The maximum absolute atomic E-state index is 6.40. The van der Waals surface area contributed by atoms with Gasteiger partial charge >= 0.3 is 6.73 Å². The van der Waals surface area contributed by atoms with Crippen LogP contribution in [0.1, 0.15) is 49.7 Å². The first-order valence-electron chi connectivity index (χ1n) is 10.5. The molecule has 27 heavy (non-hydrogen) atoms. The second-order valence-electron chi connectivity index (χ2n) is 9.47. The first-order valence-corrected chi connectivity index (χ1v) is 10.5. The van der Waals surface area contributed by atoms with Crippen molar-refractivity contribution in [2.24, 2.45) is 22.9 Å². The molecule has 0 N–H and O–H groups in total. The van der Waals surface area contributed by atoms with E-state index in [0.29, 0.717) is 12.1 Å². The van der Waals surface area contributed by atoms with Crippen molar-refractivity contribution in [3.63, 3.8) is 0 Å². The van der Waals surface area contributed by atoms with E-state index in [9.17, 15) is 0 Å². The van der Waals surface area contributed by atoms with Gasteiger partial charge in [0.1, 0.15) is 0 Å². The Kier molecular flexibility index (Phi) is 3.33. The van der Waals surface area contributed by atoms with E-state index in [0.717, 1.165) is 34.9 Å². The van der Waals surface area contributed by atoms with E-state index in [4.69, 9.17) is 9.85 Å². The van der Waals surface area contributed by atoms with Crippen molar-refractivity contribution < 1.29 is 9.43 Å². The van der Waals surface area contributed by atoms with Crippen molar-refractivity contribution >= 4 is 11.4 Å². The van der Waals surface area contributed by atoms with Crippen molar-refractivity contribution in [3.8, 4) is 5.75 Å². The summed E-state index contributed by atoms with van der Waals surface area (Å²) in [5.74, 6) is 3.88. The van der Waals surface area contributed by atoms with Gasteiger partial charge in [-0.2, -0.15) is 0 Å². The predicted octanol–water partition coefficient (Wildman–Crippen LogP) is 6.24. The third-order valence-electron chi connectivity index (χ3n) is 7.44. The number of para-hydroxylation sites is 1. The summed E-state index contributed by atoms with van der Waals surface area (Å²) in [4.78, 5) is 0. The van der Waals surface area contributed by atoms with Crippen LogP contribution in [-0.4, -0.2) is 11.4 Å². The van der Waals surface area contributed by atoms with E-state index in [2.05, 4.69) is 43.3 Å². The molecule has 7 rings (SSSR count). The monoisotopic (exact) mass is 359 g/mol. The lowest BCUT2D eigenvalue weighted by atomic mass is 9.48. The Hall–Kier alpha value is -2.16. The van der Waals surface area contributed by atoms with Gasteiger partial charge < -0.3 is 4.74 Å². The molecule has 5 aliphatic rings. The second kappa shape index (κ2) is 5.67. The average molecular weight is 359 g/mol. The fourth-order valence-corrected chi connectivity index (χ4v) is 6.83. The smallest absolute Gasteiger partial charge is 0.317 e. The normalized spacial score (nSPS) is 33.4. The number of azo groups is 2. The average Bonchev–Trinajstić information content (AvgIpc) is 2.66. The highest BCUT2D eigenvalue weighted by Crippen LogP contribution is 2.62. The van der Waals surface area contributed by atoms with Crippen LogP contribution in [0.4, 0.5) is 11.4 Å². The summed E-state index contributed by atoms with van der Waals surface area (Å²) in [5, 5.41) is 4.97. The highest BCUT2D eigenvalue weighted by atomic mass is 16.5. The van der Waals surface area contributed by atoms with Crippen LogP contribution in [0.3, 0.4) is 0 Å². The molecule has 2 aromatic carbocycles. The van der Waals surface area contributed by atoms with Crippen LogP contribution in [0.5, 0.6) is 5.75 Å². The summed E-state index contributed by atoms with van der Waals surface area (Å²) in [6.45, 7) is 2.71. The fourth-order valence-electron chi connectivity index (χ4n) is 6.83. The zero-order valence-electron chi connectivity index (χ0n) is 16.0. The van der Waals surface area contributed by atoms with E-state index in [-0.39, 0.29) is 0 Å². The van der Waals surface area contributed by atoms with E-state index in [1.165, 1.54) is 49.7 Å². The van der Waals surface area contributed by atoms with Gasteiger partial charge in [0.15, 0.2) is 11.4 Å². The third-order valence-corrected chi connectivity index (χ3v) is 7.44. The van der Waals surface area contributed by atoms with E-state index in [1.807, 2.05) is 10.8 Å². The van der Waals surface area contributed by atoms with Gasteiger partial charge in [0, 0.05) is 22.8 Å². The van der Waals surface area contributed by atoms with Gasteiger partial charge in [-0.1, -0.05) is 24.3 Å². The van der Waals surface area contributed by atoms with E-state index >= 15 is 0 Å². The van der Waals surface area contributed by atoms with Crippen LogP contribution in [0.2, 0.25) is 0 Å². The van der Waals surface area contributed by atoms with Gasteiger partial charge in [0.2, 0.25) is 5.69 Å².